The number of hydrogen-bond donors (Lipinski definition) is 1. The highest BCUT2D eigenvalue weighted by Gasteiger charge is 2.44. The lowest BCUT2D eigenvalue weighted by molar-refractivity contribution is 0.00726. The Labute approximate surface area is 133 Å². The van der Waals surface area contributed by atoms with Crippen LogP contribution in [0.2, 0.25) is 0 Å². The molecule has 1 saturated heterocycles. The van der Waals surface area contributed by atoms with Crippen LogP contribution in [0, 0.1) is 6.57 Å². The van der Waals surface area contributed by atoms with Gasteiger partial charge in [0.05, 0.1) is 17.9 Å². The van der Waals surface area contributed by atoms with Crippen LogP contribution in [0.15, 0.2) is 30.9 Å². The van der Waals surface area contributed by atoms with Crippen molar-refractivity contribution in [2.45, 2.75) is 18.9 Å². The van der Waals surface area contributed by atoms with Gasteiger partial charge in [0.2, 0.25) is 0 Å². The van der Waals surface area contributed by atoms with Gasteiger partial charge in [0, 0.05) is 42.0 Å². The standard InChI is InChI=1S/C16H17N7/c1-3-16(9-22(10-16)11-17-2)23-8-12(6-20-23)14-7-19-21-15-13(14)4-5-18-15/h4-8H,3,9-11H2,1H3,(H,18,21). The number of nitrogens with one attached hydrogen (secondary N) is 1. The van der Waals surface area contributed by atoms with Gasteiger partial charge in [-0.15, -0.1) is 5.10 Å². The van der Waals surface area contributed by atoms with Crippen molar-refractivity contribution in [2.75, 3.05) is 19.8 Å². The highest BCUT2D eigenvalue weighted by atomic mass is 15.4. The first kappa shape index (κ1) is 13.9. The van der Waals surface area contributed by atoms with Crippen LogP contribution in [0.1, 0.15) is 13.3 Å². The Bertz CT molecular complexity index is 879. The van der Waals surface area contributed by atoms with E-state index in [0.717, 1.165) is 41.7 Å². The van der Waals surface area contributed by atoms with Crippen LogP contribution in [0.3, 0.4) is 0 Å². The maximum absolute atomic E-state index is 6.98. The summed E-state index contributed by atoms with van der Waals surface area (Å²) >= 11 is 0. The number of nitrogens with zero attached hydrogens (tertiary/aromatic N) is 6. The summed E-state index contributed by atoms with van der Waals surface area (Å²) in [4.78, 5) is 8.69. The predicted molar refractivity (Wildman–Crippen MR) is 86.4 cm³/mol. The first-order valence-corrected chi connectivity index (χ1v) is 7.65. The summed E-state index contributed by atoms with van der Waals surface area (Å²) in [5.74, 6) is 0. The Kier molecular flexibility index (Phi) is 3.13. The van der Waals surface area contributed by atoms with E-state index in [0.29, 0.717) is 6.67 Å². The monoisotopic (exact) mass is 307 g/mol. The highest BCUT2D eigenvalue weighted by molar-refractivity contribution is 5.91. The molecular formula is C16H17N7. The topological polar surface area (TPSA) is 67.0 Å². The predicted octanol–water partition coefficient (Wildman–Crippen LogP) is 2.12. The zero-order chi connectivity index (χ0) is 15.9. The van der Waals surface area contributed by atoms with Crippen molar-refractivity contribution in [3.63, 3.8) is 0 Å². The second-order valence-electron chi connectivity index (χ2n) is 6.04. The number of aromatic amines is 1. The number of hydrogen-bond acceptors (Lipinski definition) is 4. The molecule has 0 aliphatic carbocycles. The summed E-state index contributed by atoms with van der Waals surface area (Å²) in [5, 5.41) is 13.8. The van der Waals surface area contributed by atoms with Gasteiger partial charge in [-0.3, -0.25) is 9.53 Å². The molecule has 3 aromatic heterocycles. The van der Waals surface area contributed by atoms with Crippen LogP contribution in [-0.2, 0) is 5.54 Å². The fraction of sp³-hybridized carbons (Fsp3) is 0.375. The third kappa shape index (κ3) is 2.11. The maximum atomic E-state index is 6.98. The first-order valence-electron chi connectivity index (χ1n) is 7.65. The second-order valence-corrected chi connectivity index (χ2v) is 6.04. The lowest BCUT2D eigenvalue weighted by atomic mass is 9.87. The van der Waals surface area contributed by atoms with Gasteiger partial charge in [-0.05, 0) is 12.5 Å². The number of likely N-dealkylation sites (tertiary alicyclic amines) is 1. The average Bonchev–Trinajstić information content (AvgIpc) is 3.19. The van der Waals surface area contributed by atoms with E-state index in [1.807, 2.05) is 18.5 Å². The van der Waals surface area contributed by atoms with Crippen molar-refractivity contribution in [1.82, 2.24) is 29.9 Å². The van der Waals surface area contributed by atoms with E-state index in [-0.39, 0.29) is 5.54 Å². The van der Waals surface area contributed by atoms with Gasteiger partial charge < -0.3 is 4.98 Å². The van der Waals surface area contributed by atoms with Crippen LogP contribution in [0.4, 0.5) is 0 Å². The number of aromatic nitrogens is 5. The van der Waals surface area contributed by atoms with E-state index in [1.165, 1.54) is 0 Å². The van der Waals surface area contributed by atoms with E-state index in [1.54, 1.807) is 6.20 Å². The molecule has 4 rings (SSSR count). The van der Waals surface area contributed by atoms with Gasteiger partial charge >= 0.3 is 0 Å². The van der Waals surface area contributed by atoms with Gasteiger partial charge in [-0.1, -0.05) is 6.92 Å². The molecule has 1 fully saturated rings. The summed E-state index contributed by atoms with van der Waals surface area (Å²) in [5.41, 5.74) is 2.86. The largest absolute Gasteiger partial charge is 0.345 e. The molecule has 1 aliphatic rings. The van der Waals surface area contributed by atoms with Crippen LogP contribution in [0.5, 0.6) is 0 Å². The molecule has 1 aliphatic heterocycles. The van der Waals surface area contributed by atoms with E-state index in [2.05, 4.69) is 47.8 Å². The highest BCUT2D eigenvalue weighted by Crippen LogP contribution is 2.34. The molecule has 7 heteroatoms. The molecular weight excluding hydrogens is 290 g/mol. The fourth-order valence-electron chi connectivity index (χ4n) is 3.34. The van der Waals surface area contributed by atoms with Gasteiger partial charge in [0.1, 0.15) is 0 Å². The fourth-order valence-corrected chi connectivity index (χ4v) is 3.34. The first-order chi connectivity index (χ1) is 11.3. The Balaban J connectivity index is 1.67. The van der Waals surface area contributed by atoms with Gasteiger partial charge in [-0.25, -0.2) is 11.5 Å². The molecule has 3 aromatic rings. The summed E-state index contributed by atoms with van der Waals surface area (Å²) < 4.78 is 2.06. The van der Waals surface area contributed by atoms with Crippen molar-refractivity contribution < 1.29 is 0 Å². The molecule has 0 aromatic carbocycles. The molecule has 0 atom stereocenters. The molecule has 116 valence electrons. The van der Waals surface area contributed by atoms with E-state index >= 15 is 0 Å². The average molecular weight is 307 g/mol. The van der Waals surface area contributed by atoms with Crippen molar-refractivity contribution in [2.24, 2.45) is 0 Å². The molecule has 0 unspecified atom stereocenters. The van der Waals surface area contributed by atoms with Gasteiger partial charge in [0.25, 0.3) is 6.67 Å². The lowest BCUT2D eigenvalue weighted by Gasteiger charge is -2.47. The third-order valence-corrected chi connectivity index (χ3v) is 4.70. The quantitative estimate of drug-likeness (QED) is 0.750. The zero-order valence-electron chi connectivity index (χ0n) is 12.9. The van der Waals surface area contributed by atoms with Crippen LogP contribution < -0.4 is 0 Å². The van der Waals surface area contributed by atoms with Crippen molar-refractivity contribution in [1.29, 1.82) is 0 Å². The molecule has 0 saturated carbocycles. The summed E-state index contributed by atoms with van der Waals surface area (Å²) in [6, 6.07) is 2.01. The Morgan fingerprint density at radius 2 is 2.26 bits per heavy atom. The van der Waals surface area contributed by atoms with Crippen LogP contribution in [0.25, 0.3) is 27.0 Å². The molecule has 4 heterocycles. The molecule has 0 bridgehead atoms. The zero-order valence-corrected chi connectivity index (χ0v) is 12.9. The summed E-state index contributed by atoms with van der Waals surface area (Å²) in [6.45, 7) is 11.4. The summed E-state index contributed by atoms with van der Waals surface area (Å²) in [7, 11) is 0. The van der Waals surface area contributed by atoms with Crippen molar-refractivity contribution >= 4 is 11.0 Å². The Hall–Kier alpha value is -2.72. The van der Waals surface area contributed by atoms with Crippen LogP contribution in [-0.4, -0.2) is 49.6 Å². The molecule has 1 N–H and O–H groups in total. The minimum Gasteiger partial charge on any atom is -0.345 e. The third-order valence-electron chi connectivity index (χ3n) is 4.70. The normalized spacial score (nSPS) is 17.0. The minimum absolute atomic E-state index is 0.000656. The summed E-state index contributed by atoms with van der Waals surface area (Å²) in [6.07, 6.45) is 8.62. The van der Waals surface area contributed by atoms with E-state index < -0.39 is 0 Å². The van der Waals surface area contributed by atoms with Gasteiger partial charge in [0.15, 0.2) is 5.65 Å². The minimum atomic E-state index is 0.000656. The molecule has 0 amide bonds. The van der Waals surface area contributed by atoms with E-state index in [4.69, 9.17) is 6.57 Å². The number of H-pyrrole nitrogens is 1. The molecule has 0 radical (unpaired) electrons. The SMILES string of the molecule is [C-]#[N+]CN1CC(CC)(n2cc(-c3cnnc4[nH]ccc34)cn2)C1. The van der Waals surface area contributed by atoms with Crippen molar-refractivity contribution in [3.05, 3.63) is 42.3 Å². The smallest absolute Gasteiger partial charge is 0.270 e. The van der Waals surface area contributed by atoms with Crippen LogP contribution >= 0.6 is 0 Å². The second kappa shape index (κ2) is 5.18. The van der Waals surface area contributed by atoms with Crippen molar-refractivity contribution in [3.8, 4) is 11.1 Å². The van der Waals surface area contributed by atoms with Gasteiger partial charge in [-0.2, -0.15) is 10.2 Å². The molecule has 23 heavy (non-hydrogen) atoms. The number of fused-ring (bicyclic) bond motifs is 1. The Morgan fingerprint density at radius 3 is 3.04 bits per heavy atom. The molecule has 0 spiro atoms. The lowest BCUT2D eigenvalue weighted by Crippen LogP contribution is -2.62. The number of rotatable bonds is 4. The Morgan fingerprint density at radius 1 is 1.39 bits per heavy atom. The molecule has 7 nitrogen and oxygen atoms in total. The van der Waals surface area contributed by atoms with E-state index in [9.17, 15) is 0 Å². The maximum Gasteiger partial charge on any atom is 0.270 e.